The van der Waals surface area contributed by atoms with Crippen LogP contribution in [0.25, 0.3) is 0 Å². The Morgan fingerprint density at radius 3 is 2.93 bits per heavy atom. The van der Waals surface area contributed by atoms with Crippen LogP contribution in [-0.4, -0.2) is 24.6 Å². The molecule has 0 aliphatic rings. The summed E-state index contributed by atoms with van der Waals surface area (Å²) in [5.74, 6) is 0. The van der Waals surface area contributed by atoms with Crippen LogP contribution in [0.2, 0.25) is 5.02 Å². The van der Waals surface area contributed by atoms with Crippen molar-refractivity contribution in [2.45, 2.75) is 19.9 Å². The largest absolute Gasteiger partial charge is 0.382 e. The number of halogens is 1. The van der Waals surface area contributed by atoms with Crippen molar-refractivity contribution in [3.05, 3.63) is 23.0 Å². The van der Waals surface area contributed by atoms with Gasteiger partial charge in [0.1, 0.15) is 0 Å². The van der Waals surface area contributed by atoms with Crippen LogP contribution in [0, 0.1) is 6.92 Å². The number of hydrogen-bond donors (Lipinski definition) is 2. The summed E-state index contributed by atoms with van der Waals surface area (Å²) in [4.78, 5) is 4.10. The Labute approximate surface area is 89.9 Å². The number of nitrogens with zero attached hydrogens (tertiary/aromatic N) is 1. The van der Waals surface area contributed by atoms with E-state index in [1.54, 1.807) is 6.20 Å². The molecule has 0 fully saturated rings. The summed E-state index contributed by atoms with van der Waals surface area (Å²) in [6.07, 6.45) is 1.76. The number of pyridine rings is 1. The molecule has 0 bridgehead atoms. The number of hydrogen-bond acceptors (Lipinski definition) is 3. The van der Waals surface area contributed by atoms with E-state index in [0.29, 0.717) is 11.1 Å². The molecule has 0 aliphatic heterocycles. The molecule has 1 heterocycles. The number of aryl methyl sites for hydroxylation is 1. The third kappa shape index (κ3) is 2.86. The van der Waals surface area contributed by atoms with Crippen molar-refractivity contribution in [1.82, 2.24) is 10.3 Å². The average molecular weight is 214 g/mol. The summed E-state index contributed by atoms with van der Waals surface area (Å²) >= 11 is 6.07. The van der Waals surface area contributed by atoms with Gasteiger partial charge in [0.2, 0.25) is 0 Å². The fraction of sp³-hybridized carbons (Fsp3) is 0.500. The van der Waals surface area contributed by atoms with Crippen LogP contribution in [-0.2, 0) is 0 Å². The van der Waals surface area contributed by atoms with Crippen molar-refractivity contribution in [3.63, 3.8) is 0 Å². The van der Waals surface area contributed by atoms with Gasteiger partial charge < -0.3 is 10.6 Å². The molecule has 0 spiro atoms. The molecule has 0 saturated heterocycles. The topological polar surface area (TPSA) is 37.0 Å². The van der Waals surface area contributed by atoms with Crippen LogP contribution >= 0.6 is 11.6 Å². The Balaban J connectivity index is 2.63. The first-order valence-corrected chi connectivity index (χ1v) is 5.05. The molecule has 0 saturated carbocycles. The molecule has 1 atom stereocenters. The fourth-order valence-corrected chi connectivity index (χ4v) is 1.23. The summed E-state index contributed by atoms with van der Waals surface area (Å²) < 4.78 is 0. The van der Waals surface area contributed by atoms with E-state index in [4.69, 9.17) is 11.6 Å². The highest BCUT2D eigenvalue weighted by atomic mass is 35.5. The van der Waals surface area contributed by atoms with E-state index in [0.717, 1.165) is 17.9 Å². The zero-order valence-electron chi connectivity index (χ0n) is 8.76. The van der Waals surface area contributed by atoms with Crippen molar-refractivity contribution in [2.75, 3.05) is 18.9 Å². The highest BCUT2D eigenvalue weighted by Gasteiger charge is 2.04. The molecular weight excluding hydrogens is 198 g/mol. The molecule has 0 amide bonds. The van der Waals surface area contributed by atoms with E-state index in [1.165, 1.54) is 0 Å². The quantitative estimate of drug-likeness (QED) is 0.804. The second kappa shape index (κ2) is 5.17. The zero-order chi connectivity index (χ0) is 10.6. The van der Waals surface area contributed by atoms with Gasteiger partial charge in [-0.25, -0.2) is 0 Å². The summed E-state index contributed by atoms with van der Waals surface area (Å²) in [5.41, 5.74) is 1.80. The van der Waals surface area contributed by atoms with Crippen molar-refractivity contribution < 1.29 is 0 Å². The molecule has 0 aliphatic carbocycles. The Kier molecular flexibility index (Phi) is 4.17. The second-order valence-corrected chi connectivity index (χ2v) is 3.71. The van der Waals surface area contributed by atoms with Gasteiger partial charge in [-0.1, -0.05) is 11.6 Å². The van der Waals surface area contributed by atoms with Crippen molar-refractivity contribution in [1.29, 1.82) is 0 Å². The minimum Gasteiger partial charge on any atom is -0.382 e. The molecule has 78 valence electrons. The molecule has 1 aromatic heterocycles. The summed E-state index contributed by atoms with van der Waals surface area (Å²) in [6, 6.07) is 2.30. The van der Waals surface area contributed by atoms with Crippen molar-refractivity contribution in [2.24, 2.45) is 0 Å². The monoisotopic (exact) mass is 213 g/mol. The van der Waals surface area contributed by atoms with E-state index in [2.05, 4.69) is 22.5 Å². The van der Waals surface area contributed by atoms with Gasteiger partial charge in [0.25, 0.3) is 0 Å². The number of rotatable bonds is 4. The molecule has 4 heteroatoms. The molecular formula is C10H16ClN3. The summed E-state index contributed by atoms with van der Waals surface area (Å²) in [5, 5.41) is 7.12. The van der Waals surface area contributed by atoms with Crippen molar-refractivity contribution >= 4 is 17.3 Å². The Bertz CT molecular complexity index is 301. The summed E-state index contributed by atoms with van der Waals surface area (Å²) in [7, 11) is 1.94. The maximum atomic E-state index is 6.07. The predicted molar refractivity (Wildman–Crippen MR) is 61.0 cm³/mol. The predicted octanol–water partition coefficient (Wildman–Crippen LogP) is 2.06. The zero-order valence-corrected chi connectivity index (χ0v) is 9.52. The van der Waals surface area contributed by atoms with Crippen LogP contribution in [0.1, 0.15) is 12.6 Å². The van der Waals surface area contributed by atoms with Gasteiger partial charge in [-0.2, -0.15) is 0 Å². The first kappa shape index (κ1) is 11.3. The maximum Gasteiger partial charge on any atom is 0.0849 e. The van der Waals surface area contributed by atoms with Gasteiger partial charge in [0, 0.05) is 18.8 Å². The highest BCUT2D eigenvalue weighted by molar-refractivity contribution is 6.33. The van der Waals surface area contributed by atoms with E-state index < -0.39 is 0 Å². The van der Waals surface area contributed by atoms with Crippen LogP contribution in [0.5, 0.6) is 0 Å². The second-order valence-electron chi connectivity index (χ2n) is 3.33. The van der Waals surface area contributed by atoms with Crippen LogP contribution in [0.4, 0.5) is 5.69 Å². The van der Waals surface area contributed by atoms with Crippen LogP contribution in [0.3, 0.4) is 0 Å². The first-order chi connectivity index (χ1) is 6.65. The Morgan fingerprint density at radius 1 is 1.57 bits per heavy atom. The third-order valence-corrected chi connectivity index (χ3v) is 2.63. The molecule has 3 nitrogen and oxygen atoms in total. The highest BCUT2D eigenvalue weighted by Crippen LogP contribution is 2.22. The van der Waals surface area contributed by atoms with Gasteiger partial charge in [-0.3, -0.25) is 4.98 Å². The van der Waals surface area contributed by atoms with Crippen LogP contribution < -0.4 is 10.6 Å². The van der Waals surface area contributed by atoms with Crippen molar-refractivity contribution in [3.8, 4) is 0 Å². The van der Waals surface area contributed by atoms with Crippen LogP contribution in [0.15, 0.2) is 12.3 Å². The number of nitrogens with one attached hydrogen (secondary N) is 2. The molecule has 14 heavy (non-hydrogen) atoms. The maximum absolute atomic E-state index is 6.07. The minimum atomic E-state index is 0.416. The minimum absolute atomic E-state index is 0.416. The Morgan fingerprint density at radius 2 is 2.29 bits per heavy atom. The van der Waals surface area contributed by atoms with Gasteiger partial charge in [0.05, 0.1) is 16.4 Å². The lowest BCUT2D eigenvalue weighted by Gasteiger charge is -2.13. The van der Waals surface area contributed by atoms with E-state index >= 15 is 0 Å². The molecule has 1 unspecified atom stereocenters. The van der Waals surface area contributed by atoms with E-state index in [9.17, 15) is 0 Å². The number of aromatic nitrogens is 1. The molecule has 2 N–H and O–H groups in total. The number of anilines is 1. The van der Waals surface area contributed by atoms with Gasteiger partial charge >= 0.3 is 0 Å². The molecule has 0 aromatic carbocycles. The molecule has 0 radical (unpaired) electrons. The third-order valence-electron chi connectivity index (χ3n) is 2.16. The smallest absolute Gasteiger partial charge is 0.0849 e. The average Bonchev–Trinajstić information content (AvgIpc) is 2.20. The number of likely N-dealkylation sites (N-methyl/N-ethyl adjacent to an activating group) is 1. The SMILES string of the molecule is CNC(C)CNc1ccnc(C)c1Cl. The first-order valence-electron chi connectivity index (χ1n) is 4.67. The Hall–Kier alpha value is -0.800. The summed E-state index contributed by atoms with van der Waals surface area (Å²) in [6.45, 7) is 4.85. The lowest BCUT2D eigenvalue weighted by atomic mass is 10.3. The standard InChI is InChI=1S/C10H16ClN3/c1-7(12-3)6-14-9-4-5-13-8(2)10(9)11/h4-5,7,12H,6H2,1-3H3,(H,13,14). The van der Waals surface area contributed by atoms with Gasteiger partial charge in [-0.15, -0.1) is 0 Å². The van der Waals surface area contributed by atoms with E-state index in [-0.39, 0.29) is 0 Å². The van der Waals surface area contributed by atoms with Gasteiger partial charge in [0.15, 0.2) is 0 Å². The fourth-order valence-electron chi connectivity index (χ4n) is 1.05. The molecule has 1 aromatic rings. The lowest BCUT2D eigenvalue weighted by molar-refractivity contribution is 0.638. The molecule has 1 rings (SSSR count). The van der Waals surface area contributed by atoms with Gasteiger partial charge in [-0.05, 0) is 27.0 Å². The lowest BCUT2D eigenvalue weighted by Crippen LogP contribution is -2.29. The normalized spacial score (nSPS) is 12.6. The van der Waals surface area contributed by atoms with E-state index in [1.807, 2.05) is 20.0 Å².